The maximum atomic E-state index is 13.9. The minimum atomic E-state index is -1.25. The first-order valence-electron chi connectivity index (χ1n) is 5.64. The predicted octanol–water partition coefficient (Wildman–Crippen LogP) is 3.58. The van der Waals surface area contributed by atoms with Crippen LogP contribution in [0.1, 0.15) is 5.82 Å². The summed E-state index contributed by atoms with van der Waals surface area (Å²) in [5.41, 5.74) is 0.862. The zero-order valence-electron chi connectivity index (χ0n) is 9.95. The van der Waals surface area contributed by atoms with Gasteiger partial charge in [-0.25, -0.2) is 18.2 Å². The van der Waals surface area contributed by atoms with E-state index in [1.807, 2.05) is 0 Å². The molecular weight excluding hydrogens is 291 g/mol. The zero-order chi connectivity index (χ0) is 14.3. The minimum Gasteiger partial charge on any atom is -0.292 e. The summed E-state index contributed by atoms with van der Waals surface area (Å²) in [5, 5.41) is 0. The fraction of sp³-hybridized carbons (Fsp3) is 0.0769. The van der Waals surface area contributed by atoms with Crippen molar-refractivity contribution in [3.8, 4) is 5.69 Å². The van der Waals surface area contributed by atoms with Gasteiger partial charge in [0.05, 0.1) is 23.3 Å². The van der Waals surface area contributed by atoms with E-state index in [0.717, 1.165) is 6.07 Å². The molecule has 102 valence electrons. The summed E-state index contributed by atoms with van der Waals surface area (Å²) in [7, 11) is 0. The van der Waals surface area contributed by atoms with Gasteiger partial charge in [-0.2, -0.15) is 0 Å². The van der Waals surface area contributed by atoms with E-state index in [9.17, 15) is 13.2 Å². The van der Waals surface area contributed by atoms with Crippen LogP contribution in [0.15, 0.2) is 30.6 Å². The van der Waals surface area contributed by atoms with Gasteiger partial charge in [-0.05, 0) is 6.07 Å². The summed E-state index contributed by atoms with van der Waals surface area (Å²) in [5.74, 6) is -2.97. The first-order chi connectivity index (χ1) is 9.61. The van der Waals surface area contributed by atoms with Crippen LogP contribution in [0, 0.1) is 17.5 Å². The Morgan fingerprint density at radius 1 is 1.10 bits per heavy atom. The summed E-state index contributed by atoms with van der Waals surface area (Å²) >= 11 is 5.78. The maximum absolute atomic E-state index is 13.9. The molecule has 0 aliphatic rings. The lowest BCUT2D eigenvalue weighted by atomic mass is 10.2. The number of hydrogen-bond acceptors (Lipinski definition) is 2. The monoisotopic (exact) mass is 297 g/mol. The zero-order valence-corrected chi connectivity index (χ0v) is 10.7. The number of halogens is 4. The average Bonchev–Trinajstić information content (AvgIpc) is 2.81. The van der Waals surface area contributed by atoms with E-state index >= 15 is 0 Å². The molecule has 0 saturated carbocycles. The molecule has 3 aromatic rings. The van der Waals surface area contributed by atoms with Gasteiger partial charge in [-0.1, -0.05) is 0 Å². The van der Waals surface area contributed by atoms with Gasteiger partial charge < -0.3 is 0 Å². The molecule has 1 aromatic carbocycles. The molecule has 0 aliphatic heterocycles. The highest BCUT2D eigenvalue weighted by molar-refractivity contribution is 6.17. The van der Waals surface area contributed by atoms with Gasteiger partial charge in [0.2, 0.25) is 0 Å². The molecule has 0 fully saturated rings. The van der Waals surface area contributed by atoms with Crippen molar-refractivity contribution in [2.24, 2.45) is 0 Å². The van der Waals surface area contributed by atoms with Gasteiger partial charge in [0.25, 0.3) is 0 Å². The second kappa shape index (κ2) is 4.79. The van der Waals surface area contributed by atoms with Crippen LogP contribution in [0.3, 0.4) is 0 Å². The van der Waals surface area contributed by atoms with Gasteiger partial charge >= 0.3 is 0 Å². The third-order valence-electron chi connectivity index (χ3n) is 2.88. The fourth-order valence-corrected chi connectivity index (χ4v) is 2.20. The molecule has 7 heteroatoms. The molecule has 0 saturated heterocycles. The summed E-state index contributed by atoms with van der Waals surface area (Å²) in [6.07, 6.45) is 2.98. The van der Waals surface area contributed by atoms with E-state index in [4.69, 9.17) is 11.6 Å². The van der Waals surface area contributed by atoms with Crippen molar-refractivity contribution < 1.29 is 13.2 Å². The number of imidazole rings is 1. The van der Waals surface area contributed by atoms with Crippen LogP contribution in [0.5, 0.6) is 0 Å². The Hall–Kier alpha value is -2.08. The number of aromatic nitrogens is 3. The van der Waals surface area contributed by atoms with Crippen molar-refractivity contribution in [3.05, 3.63) is 53.9 Å². The van der Waals surface area contributed by atoms with Crippen molar-refractivity contribution in [2.45, 2.75) is 5.88 Å². The molecule has 2 heterocycles. The number of rotatable bonds is 2. The maximum Gasteiger partial charge on any atom is 0.161 e. The highest BCUT2D eigenvalue weighted by Gasteiger charge is 2.17. The number of fused-ring (bicyclic) bond motifs is 1. The highest BCUT2D eigenvalue weighted by atomic mass is 35.5. The van der Waals surface area contributed by atoms with E-state index in [2.05, 4.69) is 9.97 Å². The Morgan fingerprint density at radius 3 is 2.60 bits per heavy atom. The topological polar surface area (TPSA) is 30.7 Å². The Morgan fingerprint density at radius 2 is 1.85 bits per heavy atom. The molecular formula is C13H7ClF3N3. The van der Waals surface area contributed by atoms with Gasteiger partial charge in [0.15, 0.2) is 11.6 Å². The van der Waals surface area contributed by atoms with E-state index in [0.29, 0.717) is 22.9 Å². The Kier molecular flexibility index (Phi) is 3.10. The molecule has 2 aromatic heterocycles. The molecule has 0 atom stereocenters. The number of nitrogens with zero attached hydrogens (tertiary/aromatic N) is 3. The number of pyridine rings is 1. The molecule has 0 bridgehead atoms. The molecule has 0 radical (unpaired) electrons. The number of benzene rings is 1. The molecule has 3 rings (SSSR count). The van der Waals surface area contributed by atoms with E-state index in [1.54, 1.807) is 6.07 Å². The molecule has 0 unspecified atom stereocenters. The van der Waals surface area contributed by atoms with Crippen LogP contribution in [0.2, 0.25) is 0 Å². The normalized spacial score (nSPS) is 11.2. The Balaban J connectivity index is 2.36. The molecule has 3 nitrogen and oxygen atoms in total. The predicted molar refractivity (Wildman–Crippen MR) is 68.3 cm³/mol. The number of hydrogen-bond donors (Lipinski definition) is 0. The summed E-state index contributed by atoms with van der Waals surface area (Å²) in [4.78, 5) is 8.09. The van der Waals surface area contributed by atoms with Crippen LogP contribution in [-0.2, 0) is 5.88 Å². The smallest absolute Gasteiger partial charge is 0.161 e. The van der Waals surface area contributed by atoms with Crippen LogP contribution >= 0.6 is 11.6 Å². The fourth-order valence-electron chi connectivity index (χ4n) is 2.02. The van der Waals surface area contributed by atoms with Crippen LogP contribution < -0.4 is 0 Å². The SMILES string of the molecule is Fc1cc(F)c(-n2c(CCl)nc3cnccc32)cc1F. The van der Waals surface area contributed by atoms with Crippen LogP contribution in [0.4, 0.5) is 13.2 Å². The first kappa shape index (κ1) is 12.9. The standard InChI is InChI=1S/C13H7ClF3N3/c14-5-13-19-10-6-18-2-1-11(10)20(13)12-4-8(16)7(15)3-9(12)17/h1-4,6H,5H2. The first-order valence-corrected chi connectivity index (χ1v) is 6.17. The van der Waals surface area contributed by atoms with Gasteiger partial charge in [0.1, 0.15) is 17.2 Å². The van der Waals surface area contributed by atoms with Crippen LogP contribution in [-0.4, -0.2) is 14.5 Å². The Bertz CT molecular complexity index is 801. The lowest BCUT2D eigenvalue weighted by Crippen LogP contribution is -2.04. The van der Waals surface area contributed by atoms with Crippen molar-refractivity contribution >= 4 is 22.6 Å². The van der Waals surface area contributed by atoms with Crippen molar-refractivity contribution in [1.82, 2.24) is 14.5 Å². The van der Waals surface area contributed by atoms with Crippen molar-refractivity contribution in [2.75, 3.05) is 0 Å². The lowest BCUT2D eigenvalue weighted by molar-refractivity contribution is 0.493. The lowest BCUT2D eigenvalue weighted by Gasteiger charge is -2.09. The van der Waals surface area contributed by atoms with Gasteiger partial charge in [0, 0.05) is 18.3 Å². The Labute approximate surface area is 116 Å². The third-order valence-corrected chi connectivity index (χ3v) is 3.12. The molecule has 0 spiro atoms. The molecule has 0 aliphatic carbocycles. The quantitative estimate of drug-likeness (QED) is 0.535. The largest absolute Gasteiger partial charge is 0.292 e. The summed E-state index contributed by atoms with van der Waals surface area (Å²) in [6, 6.07) is 2.87. The van der Waals surface area contributed by atoms with Gasteiger partial charge in [-0.15, -0.1) is 11.6 Å². The van der Waals surface area contributed by atoms with E-state index in [-0.39, 0.29) is 11.6 Å². The third kappa shape index (κ3) is 1.92. The molecule has 0 amide bonds. The molecule has 0 N–H and O–H groups in total. The van der Waals surface area contributed by atoms with E-state index in [1.165, 1.54) is 17.0 Å². The van der Waals surface area contributed by atoms with Crippen LogP contribution in [0.25, 0.3) is 16.7 Å². The summed E-state index contributed by atoms with van der Waals surface area (Å²) < 4.78 is 41.7. The molecule has 20 heavy (non-hydrogen) atoms. The van der Waals surface area contributed by atoms with Crippen molar-refractivity contribution in [3.63, 3.8) is 0 Å². The van der Waals surface area contributed by atoms with E-state index < -0.39 is 17.5 Å². The number of alkyl halides is 1. The highest BCUT2D eigenvalue weighted by Crippen LogP contribution is 2.25. The average molecular weight is 298 g/mol. The van der Waals surface area contributed by atoms with Crippen molar-refractivity contribution in [1.29, 1.82) is 0 Å². The second-order valence-electron chi connectivity index (χ2n) is 4.08. The summed E-state index contributed by atoms with van der Waals surface area (Å²) in [6.45, 7) is 0. The minimum absolute atomic E-state index is 0.00683. The second-order valence-corrected chi connectivity index (χ2v) is 4.35. The van der Waals surface area contributed by atoms with Gasteiger partial charge in [-0.3, -0.25) is 9.55 Å².